The van der Waals surface area contributed by atoms with Crippen molar-refractivity contribution in [2.75, 3.05) is 19.6 Å². The maximum atomic E-state index is 13.2. The molecule has 1 N–H and O–H groups in total. The summed E-state index contributed by atoms with van der Waals surface area (Å²) in [5.41, 5.74) is 1.24. The number of hydrogen-bond donors (Lipinski definition) is 1. The van der Waals surface area contributed by atoms with Gasteiger partial charge in [-0.25, -0.2) is 4.39 Å². The zero-order valence-electron chi connectivity index (χ0n) is 11.7. The van der Waals surface area contributed by atoms with Crippen molar-refractivity contribution in [3.63, 3.8) is 0 Å². The van der Waals surface area contributed by atoms with Gasteiger partial charge < -0.3 is 5.32 Å². The second kappa shape index (κ2) is 6.21. The van der Waals surface area contributed by atoms with Gasteiger partial charge in [-0.15, -0.1) is 0 Å². The Morgan fingerprint density at radius 1 is 1.47 bits per heavy atom. The van der Waals surface area contributed by atoms with Crippen molar-refractivity contribution in [3.05, 3.63) is 34.6 Å². The summed E-state index contributed by atoms with van der Waals surface area (Å²) in [4.78, 5) is 2.42. The van der Waals surface area contributed by atoms with Crippen LogP contribution in [0.25, 0.3) is 0 Å². The fourth-order valence-electron chi connectivity index (χ4n) is 2.59. The second-order valence-electron chi connectivity index (χ2n) is 5.65. The van der Waals surface area contributed by atoms with Gasteiger partial charge in [-0.2, -0.15) is 0 Å². The van der Waals surface area contributed by atoms with Gasteiger partial charge >= 0.3 is 0 Å². The molecule has 0 aliphatic carbocycles. The van der Waals surface area contributed by atoms with Crippen molar-refractivity contribution in [2.45, 2.75) is 38.8 Å². The minimum Gasteiger partial charge on any atom is -0.310 e. The van der Waals surface area contributed by atoms with Crippen LogP contribution >= 0.6 is 11.6 Å². The Balaban J connectivity index is 2.06. The number of hydrogen-bond acceptors (Lipinski definition) is 2. The van der Waals surface area contributed by atoms with E-state index in [0.29, 0.717) is 0 Å². The molecule has 1 atom stereocenters. The van der Waals surface area contributed by atoms with Gasteiger partial charge in [-0.05, 0) is 50.6 Å². The first-order valence-corrected chi connectivity index (χ1v) is 7.31. The van der Waals surface area contributed by atoms with Crippen molar-refractivity contribution in [2.24, 2.45) is 0 Å². The normalized spacial score (nSPS) is 25.3. The average molecular weight is 285 g/mol. The number of benzene rings is 1. The van der Waals surface area contributed by atoms with Crippen LogP contribution in [-0.4, -0.2) is 30.1 Å². The molecule has 0 amide bonds. The van der Waals surface area contributed by atoms with E-state index >= 15 is 0 Å². The van der Waals surface area contributed by atoms with Gasteiger partial charge in [0, 0.05) is 18.6 Å². The summed E-state index contributed by atoms with van der Waals surface area (Å²) >= 11 is 5.84. The Hall–Kier alpha value is -0.640. The SMILES string of the molecule is CCC1(C)CN(Cc2ccc(F)c(Cl)c2)CCCN1. The molecule has 2 rings (SSSR count). The van der Waals surface area contributed by atoms with Gasteiger partial charge in [0.25, 0.3) is 0 Å². The van der Waals surface area contributed by atoms with Crippen molar-refractivity contribution in [3.8, 4) is 0 Å². The highest BCUT2D eigenvalue weighted by atomic mass is 35.5. The Kier molecular flexibility index (Phi) is 4.82. The number of nitrogens with zero attached hydrogens (tertiary/aromatic N) is 1. The molecule has 1 heterocycles. The maximum absolute atomic E-state index is 13.2. The predicted octanol–water partition coefficient (Wildman–Crippen LogP) is 3.44. The zero-order chi connectivity index (χ0) is 13.9. The first kappa shape index (κ1) is 14.8. The van der Waals surface area contributed by atoms with Crippen molar-refractivity contribution < 1.29 is 4.39 Å². The van der Waals surface area contributed by atoms with Crippen LogP contribution in [0.3, 0.4) is 0 Å². The highest BCUT2D eigenvalue weighted by Crippen LogP contribution is 2.20. The summed E-state index contributed by atoms with van der Waals surface area (Å²) in [6.07, 6.45) is 2.25. The van der Waals surface area contributed by atoms with Crippen LogP contribution in [0.1, 0.15) is 32.3 Å². The number of halogens is 2. The quantitative estimate of drug-likeness (QED) is 0.915. The van der Waals surface area contributed by atoms with Crippen molar-refractivity contribution in [1.82, 2.24) is 10.2 Å². The molecule has 1 aliphatic heterocycles. The lowest BCUT2D eigenvalue weighted by atomic mass is 9.98. The average Bonchev–Trinajstić information content (AvgIpc) is 2.57. The summed E-state index contributed by atoms with van der Waals surface area (Å²) < 4.78 is 13.2. The summed E-state index contributed by atoms with van der Waals surface area (Å²) in [5, 5.41) is 3.83. The van der Waals surface area contributed by atoms with Gasteiger partial charge in [-0.3, -0.25) is 4.90 Å². The summed E-state index contributed by atoms with van der Waals surface area (Å²) in [6, 6.07) is 5.01. The molecule has 106 valence electrons. The van der Waals surface area contributed by atoms with Crippen LogP contribution in [-0.2, 0) is 6.54 Å². The van der Waals surface area contributed by atoms with Crippen molar-refractivity contribution >= 4 is 11.6 Å². The molecule has 4 heteroatoms. The third kappa shape index (κ3) is 3.91. The minimum atomic E-state index is -0.346. The van der Waals surface area contributed by atoms with Crippen LogP contribution in [0.2, 0.25) is 5.02 Å². The molecule has 0 spiro atoms. The third-order valence-corrected chi connectivity index (χ3v) is 4.24. The van der Waals surface area contributed by atoms with E-state index < -0.39 is 0 Å². The first-order valence-electron chi connectivity index (χ1n) is 6.94. The minimum absolute atomic E-state index is 0.167. The lowest BCUT2D eigenvalue weighted by Crippen LogP contribution is -2.48. The topological polar surface area (TPSA) is 15.3 Å². The summed E-state index contributed by atoms with van der Waals surface area (Å²) in [6.45, 7) is 8.45. The number of rotatable bonds is 3. The Morgan fingerprint density at radius 2 is 2.26 bits per heavy atom. The van der Waals surface area contributed by atoms with Crippen LogP contribution in [0.15, 0.2) is 18.2 Å². The standard InChI is InChI=1S/C15H22ClFN2/c1-3-15(2)11-19(8-4-7-18-15)10-12-5-6-14(17)13(16)9-12/h5-6,9,18H,3-4,7-8,10-11H2,1-2H3. The molecule has 1 fully saturated rings. The van der Waals surface area contributed by atoms with E-state index in [1.165, 1.54) is 6.07 Å². The lowest BCUT2D eigenvalue weighted by Gasteiger charge is -2.32. The molecule has 1 aromatic rings. The first-order chi connectivity index (χ1) is 9.02. The highest BCUT2D eigenvalue weighted by Gasteiger charge is 2.26. The maximum Gasteiger partial charge on any atom is 0.141 e. The molecular formula is C15H22ClFN2. The zero-order valence-corrected chi connectivity index (χ0v) is 12.4. The highest BCUT2D eigenvalue weighted by molar-refractivity contribution is 6.30. The lowest BCUT2D eigenvalue weighted by molar-refractivity contribution is 0.208. The molecule has 1 unspecified atom stereocenters. The van der Waals surface area contributed by atoms with E-state index in [9.17, 15) is 4.39 Å². The van der Waals surface area contributed by atoms with E-state index in [0.717, 1.165) is 44.6 Å². The van der Waals surface area contributed by atoms with E-state index in [1.54, 1.807) is 6.07 Å². The molecule has 1 aromatic carbocycles. The van der Waals surface area contributed by atoms with Crippen molar-refractivity contribution in [1.29, 1.82) is 0 Å². The molecule has 0 saturated carbocycles. The van der Waals surface area contributed by atoms with Gasteiger partial charge in [-0.1, -0.05) is 24.6 Å². The Bertz CT molecular complexity index is 438. The van der Waals surface area contributed by atoms with E-state index in [2.05, 4.69) is 24.1 Å². The summed E-state index contributed by atoms with van der Waals surface area (Å²) in [5.74, 6) is -0.346. The Labute approximate surface area is 119 Å². The number of nitrogens with one attached hydrogen (secondary N) is 1. The molecule has 1 saturated heterocycles. The fraction of sp³-hybridized carbons (Fsp3) is 0.600. The van der Waals surface area contributed by atoms with Gasteiger partial charge in [0.15, 0.2) is 0 Å². The van der Waals surface area contributed by atoms with Gasteiger partial charge in [0.1, 0.15) is 5.82 Å². The largest absolute Gasteiger partial charge is 0.310 e. The molecule has 2 nitrogen and oxygen atoms in total. The molecule has 0 bridgehead atoms. The predicted molar refractivity (Wildman–Crippen MR) is 78.0 cm³/mol. The third-order valence-electron chi connectivity index (χ3n) is 3.95. The Morgan fingerprint density at radius 3 is 2.95 bits per heavy atom. The fourth-order valence-corrected chi connectivity index (χ4v) is 2.79. The van der Waals surface area contributed by atoms with Crippen LogP contribution in [0, 0.1) is 5.82 Å². The second-order valence-corrected chi connectivity index (χ2v) is 6.06. The molecule has 19 heavy (non-hydrogen) atoms. The van der Waals surface area contributed by atoms with E-state index in [-0.39, 0.29) is 16.4 Å². The summed E-state index contributed by atoms with van der Waals surface area (Å²) in [7, 11) is 0. The van der Waals surface area contributed by atoms with E-state index in [4.69, 9.17) is 11.6 Å². The van der Waals surface area contributed by atoms with Crippen LogP contribution < -0.4 is 5.32 Å². The smallest absolute Gasteiger partial charge is 0.141 e. The van der Waals surface area contributed by atoms with Crippen LogP contribution in [0.4, 0.5) is 4.39 Å². The molecular weight excluding hydrogens is 263 g/mol. The van der Waals surface area contributed by atoms with Gasteiger partial charge in [0.2, 0.25) is 0 Å². The monoisotopic (exact) mass is 284 g/mol. The van der Waals surface area contributed by atoms with E-state index in [1.807, 2.05) is 6.07 Å². The molecule has 1 aliphatic rings. The molecule has 0 radical (unpaired) electrons. The van der Waals surface area contributed by atoms with Crippen LogP contribution in [0.5, 0.6) is 0 Å². The van der Waals surface area contributed by atoms with Gasteiger partial charge in [0.05, 0.1) is 5.02 Å². The molecule has 0 aromatic heterocycles.